The Kier molecular flexibility index (Phi) is 5.72. The second-order valence-electron chi connectivity index (χ2n) is 5.97. The van der Waals surface area contributed by atoms with E-state index in [1.54, 1.807) is 0 Å². The van der Waals surface area contributed by atoms with Crippen molar-refractivity contribution in [3.63, 3.8) is 0 Å². The van der Waals surface area contributed by atoms with Crippen LogP contribution in [0.1, 0.15) is 27.3 Å². The maximum atomic E-state index is 12.7. The lowest BCUT2D eigenvalue weighted by Crippen LogP contribution is -2.04. The summed E-state index contributed by atoms with van der Waals surface area (Å²) >= 11 is 7.19. The average Bonchev–Trinajstić information content (AvgIpc) is 3.03. The number of benzene rings is 2. The van der Waals surface area contributed by atoms with E-state index in [2.05, 4.69) is 4.98 Å². The third kappa shape index (κ3) is 4.67. The van der Waals surface area contributed by atoms with Crippen LogP contribution in [-0.2, 0) is 24.7 Å². The predicted octanol–water partition coefficient (Wildman–Crippen LogP) is 7.18. The Balaban J connectivity index is 1.85. The molecule has 2 aromatic carbocycles. The van der Waals surface area contributed by atoms with E-state index in [0.717, 1.165) is 29.1 Å². The average molecular weight is 436 g/mol. The molecule has 0 aliphatic carbocycles. The molecule has 0 atom stereocenters. The molecule has 1 aromatic heterocycles. The zero-order valence-corrected chi connectivity index (χ0v) is 15.6. The molecule has 3 aromatic rings. The van der Waals surface area contributed by atoms with Crippen LogP contribution in [0.3, 0.4) is 0 Å². The summed E-state index contributed by atoms with van der Waals surface area (Å²) < 4.78 is 76.0. The normalized spacial score (nSPS) is 12.4. The van der Waals surface area contributed by atoms with Crippen LogP contribution in [0.25, 0.3) is 10.6 Å². The minimum absolute atomic E-state index is 0.147. The number of hydrogen-bond donors (Lipinski definition) is 0. The van der Waals surface area contributed by atoms with E-state index in [1.807, 2.05) is 0 Å². The summed E-state index contributed by atoms with van der Waals surface area (Å²) in [7, 11) is 0. The topological polar surface area (TPSA) is 12.9 Å². The van der Waals surface area contributed by atoms with Crippen LogP contribution < -0.4 is 0 Å². The summed E-state index contributed by atoms with van der Waals surface area (Å²) in [6.45, 7) is 0. The predicted molar refractivity (Wildman–Crippen MR) is 96.4 cm³/mol. The largest absolute Gasteiger partial charge is 0.416 e. The summed E-state index contributed by atoms with van der Waals surface area (Å²) in [5.74, 6) is 0.147. The molecule has 28 heavy (non-hydrogen) atoms. The summed E-state index contributed by atoms with van der Waals surface area (Å²) in [5.41, 5.74) is 0.245. The molecule has 0 fully saturated rings. The lowest BCUT2D eigenvalue weighted by molar-refractivity contribution is -0.138. The fourth-order valence-corrected chi connectivity index (χ4v) is 3.81. The molecule has 9 heteroatoms. The first-order chi connectivity index (χ1) is 13.1. The summed E-state index contributed by atoms with van der Waals surface area (Å²) in [5, 5.41) is 0.506. The zero-order chi connectivity index (χ0) is 20.5. The van der Waals surface area contributed by atoms with Gasteiger partial charge in [-0.15, -0.1) is 22.9 Å². The third-order valence-electron chi connectivity index (χ3n) is 4.01. The molecule has 0 amide bonds. The number of hydrogen-bond acceptors (Lipinski definition) is 2. The third-order valence-corrected chi connectivity index (χ3v) is 5.58. The molecule has 148 valence electrons. The maximum Gasteiger partial charge on any atom is 0.416 e. The van der Waals surface area contributed by atoms with Gasteiger partial charge < -0.3 is 0 Å². The Labute approximate surface area is 165 Å². The number of nitrogens with zero attached hydrogens (tertiary/aromatic N) is 1. The Bertz CT molecular complexity index is 943. The number of rotatable bonds is 4. The van der Waals surface area contributed by atoms with E-state index in [9.17, 15) is 26.3 Å². The van der Waals surface area contributed by atoms with Crippen molar-refractivity contribution < 1.29 is 26.3 Å². The molecule has 0 bridgehead atoms. The maximum absolute atomic E-state index is 12.7. The number of halogens is 7. The molecular weight excluding hydrogens is 424 g/mol. The van der Waals surface area contributed by atoms with Gasteiger partial charge >= 0.3 is 12.4 Å². The molecule has 1 heterocycles. The quantitative estimate of drug-likeness (QED) is 0.312. The van der Waals surface area contributed by atoms with Crippen molar-refractivity contribution >= 4 is 22.9 Å². The van der Waals surface area contributed by atoms with E-state index in [4.69, 9.17) is 11.6 Å². The van der Waals surface area contributed by atoms with Crippen LogP contribution in [0.15, 0.2) is 48.5 Å². The first-order valence-corrected chi connectivity index (χ1v) is 9.31. The molecular formula is C19H12ClF6NS. The second kappa shape index (κ2) is 7.75. The van der Waals surface area contributed by atoms with Crippen molar-refractivity contribution in [1.29, 1.82) is 0 Å². The molecule has 1 nitrogen and oxygen atoms in total. The van der Waals surface area contributed by atoms with Crippen molar-refractivity contribution in [1.82, 2.24) is 4.98 Å². The highest BCUT2D eigenvalue weighted by molar-refractivity contribution is 7.15. The molecule has 0 spiro atoms. The van der Waals surface area contributed by atoms with E-state index < -0.39 is 23.5 Å². The molecule has 0 N–H and O–H groups in total. The number of aromatic nitrogens is 1. The number of thiazole rings is 1. The van der Waals surface area contributed by atoms with Gasteiger partial charge in [0.15, 0.2) is 0 Å². The highest BCUT2D eigenvalue weighted by atomic mass is 35.5. The Morgan fingerprint density at radius 3 is 1.75 bits per heavy atom. The Morgan fingerprint density at radius 1 is 0.786 bits per heavy atom. The van der Waals surface area contributed by atoms with Crippen LogP contribution >= 0.6 is 22.9 Å². The van der Waals surface area contributed by atoms with Crippen molar-refractivity contribution in [3.8, 4) is 10.6 Å². The van der Waals surface area contributed by atoms with Crippen molar-refractivity contribution in [2.24, 2.45) is 0 Å². The van der Waals surface area contributed by atoms with E-state index in [1.165, 1.54) is 35.6 Å². The fraction of sp³-hybridized carbons (Fsp3) is 0.211. The second-order valence-corrected chi connectivity index (χ2v) is 7.32. The van der Waals surface area contributed by atoms with Gasteiger partial charge in [0.05, 0.1) is 22.7 Å². The highest BCUT2D eigenvalue weighted by Crippen LogP contribution is 2.34. The molecule has 0 saturated carbocycles. The van der Waals surface area contributed by atoms with Crippen LogP contribution in [0.2, 0.25) is 0 Å². The molecule has 0 aliphatic heterocycles. The molecule has 3 rings (SSSR count). The van der Waals surface area contributed by atoms with E-state index in [-0.39, 0.29) is 12.3 Å². The zero-order valence-electron chi connectivity index (χ0n) is 14.0. The SMILES string of the molecule is FC(F)(F)c1ccc(Cc2nc(-c3ccc(C(F)(F)F)cc3)sc2CCl)cc1. The first kappa shape index (κ1) is 20.7. The standard InChI is InChI=1S/C19H12ClF6NS/c20-10-16-15(9-11-1-5-13(6-2-11)18(21,22)23)27-17(28-16)12-3-7-14(8-4-12)19(24,25)26/h1-8H,9-10H2. The molecule has 0 saturated heterocycles. The van der Waals surface area contributed by atoms with Crippen molar-refractivity contribution in [2.75, 3.05) is 0 Å². The minimum Gasteiger partial charge on any atom is -0.240 e. The number of alkyl halides is 7. The monoisotopic (exact) mass is 435 g/mol. The van der Waals surface area contributed by atoms with Crippen LogP contribution in [0.5, 0.6) is 0 Å². The lowest BCUT2D eigenvalue weighted by atomic mass is 10.1. The molecule has 0 radical (unpaired) electrons. The van der Waals surface area contributed by atoms with Crippen LogP contribution in [-0.4, -0.2) is 4.98 Å². The van der Waals surface area contributed by atoms with Crippen molar-refractivity contribution in [2.45, 2.75) is 24.7 Å². The van der Waals surface area contributed by atoms with E-state index >= 15 is 0 Å². The summed E-state index contributed by atoms with van der Waals surface area (Å²) in [4.78, 5) is 5.16. The smallest absolute Gasteiger partial charge is 0.240 e. The molecule has 0 aliphatic rings. The van der Waals surface area contributed by atoms with Crippen LogP contribution in [0, 0.1) is 0 Å². The van der Waals surface area contributed by atoms with Gasteiger partial charge in [-0.1, -0.05) is 24.3 Å². The fourth-order valence-electron chi connectivity index (χ4n) is 2.56. The van der Waals surface area contributed by atoms with Crippen molar-refractivity contribution in [3.05, 3.63) is 75.8 Å². The van der Waals surface area contributed by atoms with Gasteiger partial charge in [-0.2, -0.15) is 26.3 Å². The van der Waals surface area contributed by atoms with Gasteiger partial charge in [0.25, 0.3) is 0 Å². The highest BCUT2D eigenvalue weighted by Gasteiger charge is 2.31. The van der Waals surface area contributed by atoms with Gasteiger partial charge in [-0.3, -0.25) is 0 Å². The van der Waals surface area contributed by atoms with Crippen LogP contribution in [0.4, 0.5) is 26.3 Å². The van der Waals surface area contributed by atoms with E-state index in [0.29, 0.717) is 21.8 Å². The molecule has 0 unspecified atom stereocenters. The summed E-state index contributed by atoms with van der Waals surface area (Å²) in [6, 6.07) is 9.37. The minimum atomic E-state index is -4.42. The van der Waals surface area contributed by atoms with Gasteiger partial charge in [0.1, 0.15) is 5.01 Å². The Hall–Kier alpha value is -2.06. The Morgan fingerprint density at radius 2 is 1.29 bits per heavy atom. The van der Waals surface area contributed by atoms with Gasteiger partial charge in [-0.05, 0) is 29.8 Å². The van der Waals surface area contributed by atoms with Gasteiger partial charge in [0, 0.05) is 16.9 Å². The lowest BCUT2D eigenvalue weighted by Gasteiger charge is -2.07. The van der Waals surface area contributed by atoms with Gasteiger partial charge in [0.2, 0.25) is 0 Å². The first-order valence-electron chi connectivity index (χ1n) is 7.96. The van der Waals surface area contributed by atoms with Gasteiger partial charge in [-0.25, -0.2) is 4.98 Å². The summed E-state index contributed by atoms with van der Waals surface area (Å²) in [6.07, 6.45) is -8.55.